The maximum absolute atomic E-state index is 12.2. The van der Waals surface area contributed by atoms with Crippen LogP contribution in [0.5, 0.6) is 11.5 Å². The summed E-state index contributed by atoms with van der Waals surface area (Å²) in [6.07, 6.45) is 3.63. The van der Waals surface area contributed by atoms with Gasteiger partial charge in [-0.3, -0.25) is 14.5 Å². The van der Waals surface area contributed by atoms with Gasteiger partial charge in [0.2, 0.25) is 12.7 Å². The summed E-state index contributed by atoms with van der Waals surface area (Å²) in [6, 6.07) is 5.59. The maximum Gasteiger partial charge on any atom is 0.251 e. The molecule has 1 aliphatic carbocycles. The summed E-state index contributed by atoms with van der Waals surface area (Å²) in [5.41, 5.74) is 0.432. The molecule has 0 spiro atoms. The van der Waals surface area contributed by atoms with Gasteiger partial charge >= 0.3 is 0 Å². The van der Waals surface area contributed by atoms with E-state index in [9.17, 15) is 14.7 Å². The number of carbonyl (C=O) groups excluding carboxylic acids is 2. The van der Waals surface area contributed by atoms with Crippen LogP contribution in [0.4, 0.5) is 0 Å². The van der Waals surface area contributed by atoms with Gasteiger partial charge in [-0.2, -0.15) is 0 Å². The molecule has 3 aliphatic rings. The van der Waals surface area contributed by atoms with Crippen molar-refractivity contribution in [3.05, 3.63) is 23.8 Å². The summed E-state index contributed by atoms with van der Waals surface area (Å²) in [6.45, 7) is 1.77. The van der Waals surface area contributed by atoms with Crippen LogP contribution in [0.2, 0.25) is 0 Å². The van der Waals surface area contributed by atoms with Crippen molar-refractivity contribution in [2.75, 3.05) is 26.4 Å². The lowest BCUT2D eigenvalue weighted by Crippen LogP contribution is -2.63. The SMILES string of the molecule is O=C(CNC(=O)c1ccc2c(c1)OCO2)NC1CN(C2CCC(O)CC2)C1. The number of aliphatic hydroxyl groups is 1. The number of amides is 2. The van der Waals surface area contributed by atoms with E-state index in [0.29, 0.717) is 23.1 Å². The number of nitrogens with one attached hydrogen (secondary N) is 2. The second-order valence-corrected chi connectivity index (χ2v) is 7.43. The predicted molar refractivity (Wildman–Crippen MR) is 96.7 cm³/mol. The van der Waals surface area contributed by atoms with Crippen molar-refractivity contribution in [2.45, 2.75) is 43.9 Å². The highest BCUT2D eigenvalue weighted by atomic mass is 16.7. The fourth-order valence-electron chi connectivity index (χ4n) is 3.90. The Hall–Kier alpha value is -2.32. The Kier molecular flexibility index (Phi) is 5.18. The maximum atomic E-state index is 12.2. The lowest BCUT2D eigenvalue weighted by atomic mass is 9.89. The largest absolute Gasteiger partial charge is 0.454 e. The third kappa shape index (κ3) is 4.17. The number of hydrogen-bond acceptors (Lipinski definition) is 6. The third-order valence-corrected chi connectivity index (χ3v) is 5.50. The topological polar surface area (TPSA) is 100 Å². The number of likely N-dealkylation sites (tertiary alicyclic amines) is 1. The Morgan fingerprint density at radius 3 is 2.63 bits per heavy atom. The highest BCUT2D eigenvalue weighted by Crippen LogP contribution is 2.32. The number of rotatable bonds is 5. The normalized spacial score (nSPS) is 24.9. The average molecular weight is 375 g/mol. The van der Waals surface area contributed by atoms with E-state index in [1.165, 1.54) is 0 Å². The number of aliphatic hydroxyl groups excluding tert-OH is 1. The zero-order valence-electron chi connectivity index (χ0n) is 15.1. The molecule has 27 heavy (non-hydrogen) atoms. The third-order valence-electron chi connectivity index (χ3n) is 5.50. The predicted octanol–water partition coefficient (Wildman–Crippen LogP) is 0.249. The molecule has 0 bridgehead atoms. The van der Waals surface area contributed by atoms with Crippen LogP contribution in [0.15, 0.2) is 18.2 Å². The summed E-state index contributed by atoms with van der Waals surface area (Å²) < 4.78 is 10.5. The molecular weight excluding hydrogens is 350 g/mol. The minimum Gasteiger partial charge on any atom is -0.454 e. The second kappa shape index (κ2) is 7.74. The highest BCUT2D eigenvalue weighted by Gasteiger charge is 2.34. The average Bonchev–Trinajstić information content (AvgIpc) is 3.11. The summed E-state index contributed by atoms with van der Waals surface area (Å²) in [5.74, 6) is 0.649. The molecule has 0 aromatic heterocycles. The molecule has 1 aromatic carbocycles. The van der Waals surface area contributed by atoms with Crippen LogP contribution in [0.3, 0.4) is 0 Å². The molecule has 0 atom stereocenters. The molecule has 0 unspecified atom stereocenters. The van der Waals surface area contributed by atoms with E-state index >= 15 is 0 Å². The van der Waals surface area contributed by atoms with Crippen molar-refractivity contribution in [2.24, 2.45) is 0 Å². The fourth-order valence-corrected chi connectivity index (χ4v) is 3.90. The monoisotopic (exact) mass is 375 g/mol. The lowest BCUT2D eigenvalue weighted by Gasteiger charge is -2.46. The van der Waals surface area contributed by atoms with E-state index in [4.69, 9.17) is 9.47 Å². The van der Waals surface area contributed by atoms with Gasteiger partial charge in [-0.1, -0.05) is 0 Å². The van der Waals surface area contributed by atoms with Crippen molar-refractivity contribution in [3.8, 4) is 11.5 Å². The van der Waals surface area contributed by atoms with Crippen LogP contribution in [-0.4, -0.2) is 66.4 Å². The molecule has 2 fully saturated rings. The van der Waals surface area contributed by atoms with Gasteiger partial charge < -0.3 is 25.2 Å². The number of nitrogens with zero attached hydrogens (tertiary/aromatic N) is 1. The van der Waals surface area contributed by atoms with Gasteiger partial charge in [0.05, 0.1) is 18.7 Å². The van der Waals surface area contributed by atoms with Crippen molar-refractivity contribution in [1.82, 2.24) is 15.5 Å². The van der Waals surface area contributed by atoms with Gasteiger partial charge in [0, 0.05) is 24.7 Å². The number of fused-ring (bicyclic) bond motifs is 1. The molecule has 2 aliphatic heterocycles. The molecular formula is C19H25N3O5. The Morgan fingerprint density at radius 2 is 1.85 bits per heavy atom. The summed E-state index contributed by atoms with van der Waals surface area (Å²) >= 11 is 0. The number of carbonyl (C=O) groups is 2. The Balaban J connectivity index is 1.17. The molecule has 1 saturated heterocycles. The van der Waals surface area contributed by atoms with E-state index < -0.39 is 0 Å². The van der Waals surface area contributed by atoms with E-state index in [1.54, 1.807) is 18.2 Å². The van der Waals surface area contributed by atoms with E-state index in [1.807, 2.05) is 0 Å². The summed E-state index contributed by atoms with van der Waals surface area (Å²) in [5, 5.41) is 15.2. The zero-order chi connectivity index (χ0) is 18.8. The Bertz CT molecular complexity index is 711. The first kappa shape index (κ1) is 18.1. The first-order chi connectivity index (χ1) is 13.1. The van der Waals surface area contributed by atoms with E-state index in [2.05, 4.69) is 15.5 Å². The van der Waals surface area contributed by atoms with Gasteiger partial charge in [0.25, 0.3) is 5.91 Å². The Labute approximate surface area is 157 Å². The van der Waals surface area contributed by atoms with Crippen LogP contribution in [0.25, 0.3) is 0 Å². The summed E-state index contributed by atoms with van der Waals surface area (Å²) in [4.78, 5) is 26.6. The molecule has 3 N–H and O–H groups in total. The van der Waals surface area contributed by atoms with Gasteiger partial charge in [-0.15, -0.1) is 0 Å². The van der Waals surface area contributed by atoms with E-state index in [0.717, 1.165) is 38.8 Å². The molecule has 4 rings (SSSR count). The molecule has 146 valence electrons. The summed E-state index contributed by atoms with van der Waals surface area (Å²) in [7, 11) is 0. The molecule has 2 heterocycles. The fraction of sp³-hybridized carbons (Fsp3) is 0.579. The van der Waals surface area contributed by atoms with Gasteiger partial charge in [-0.25, -0.2) is 0 Å². The van der Waals surface area contributed by atoms with Gasteiger partial charge in [-0.05, 0) is 43.9 Å². The van der Waals surface area contributed by atoms with Gasteiger partial charge in [0.1, 0.15) is 0 Å². The van der Waals surface area contributed by atoms with Crippen LogP contribution in [-0.2, 0) is 4.79 Å². The lowest BCUT2D eigenvalue weighted by molar-refractivity contribution is -0.122. The minimum absolute atomic E-state index is 0.0562. The number of benzene rings is 1. The number of hydrogen-bond donors (Lipinski definition) is 3. The van der Waals surface area contributed by atoms with Gasteiger partial charge in [0.15, 0.2) is 11.5 Å². The number of ether oxygens (including phenoxy) is 2. The molecule has 1 aromatic rings. The standard InChI is InChI=1S/C19H25N3O5/c23-15-4-2-14(3-5-15)22-9-13(10-22)21-18(24)8-20-19(25)12-1-6-16-17(7-12)27-11-26-16/h1,6-7,13-15,23H,2-5,8-11H2,(H,20,25)(H,21,24). The van der Waals surface area contributed by atoms with Crippen molar-refractivity contribution < 1.29 is 24.2 Å². The van der Waals surface area contributed by atoms with E-state index in [-0.39, 0.29) is 37.3 Å². The molecule has 1 saturated carbocycles. The van der Waals surface area contributed by atoms with Crippen LogP contribution >= 0.6 is 0 Å². The molecule has 0 radical (unpaired) electrons. The smallest absolute Gasteiger partial charge is 0.251 e. The van der Waals surface area contributed by atoms with Crippen LogP contribution in [0.1, 0.15) is 36.0 Å². The molecule has 8 nitrogen and oxygen atoms in total. The van der Waals surface area contributed by atoms with Crippen LogP contribution < -0.4 is 20.1 Å². The molecule has 8 heteroatoms. The first-order valence-corrected chi connectivity index (χ1v) is 9.48. The zero-order valence-corrected chi connectivity index (χ0v) is 15.1. The van der Waals surface area contributed by atoms with Crippen LogP contribution in [0, 0.1) is 0 Å². The Morgan fingerprint density at radius 1 is 1.11 bits per heavy atom. The van der Waals surface area contributed by atoms with Crippen molar-refractivity contribution in [1.29, 1.82) is 0 Å². The first-order valence-electron chi connectivity index (χ1n) is 9.48. The molecule has 2 amide bonds. The highest BCUT2D eigenvalue weighted by molar-refractivity contribution is 5.97. The minimum atomic E-state index is -0.320. The van der Waals surface area contributed by atoms with Crippen molar-refractivity contribution in [3.63, 3.8) is 0 Å². The van der Waals surface area contributed by atoms with Crippen molar-refractivity contribution >= 4 is 11.8 Å². The quantitative estimate of drug-likeness (QED) is 0.682. The second-order valence-electron chi connectivity index (χ2n) is 7.43.